The minimum atomic E-state index is 0.247. The van der Waals surface area contributed by atoms with Gasteiger partial charge in [-0.05, 0) is 44.0 Å². The van der Waals surface area contributed by atoms with E-state index in [1.54, 1.807) is 7.11 Å². The molecule has 0 aliphatic heterocycles. The Balaban J connectivity index is 2.26. The largest absolute Gasteiger partial charge is 0.497 e. The number of aliphatic hydroxyl groups excluding tert-OH is 1. The molecular formula is C13H21NO2. The third-order valence-electron chi connectivity index (χ3n) is 2.63. The lowest BCUT2D eigenvalue weighted by Crippen LogP contribution is -2.28. The van der Waals surface area contributed by atoms with E-state index in [1.807, 2.05) is 12.1 Å². The summed E-state index contributed by atoms with van der Waals surface area (Å²) >= 11 is 0. The second kappa shape index (κ2) is 7.25. The SMILES string of the molecule is COc1ccc(CCNC(C)CCO)cc1. The Hall–Kier alpha value is -1.06. The summed E-state index contributed by atoms with van der Waals surface area (Å²) in [5.41, 5.74) is 1.30. The molecule has 1 rings (SSSR count). The molecule has 1 unspecified atom stereocenters. The van der Waals surface area contributed by atoms with Crippen LogP contribution in [0.3, 0.4) is 0 Å². The highest BCUT2D eigenvalue weighted by molar-refractivity contribution is 5.27. The van der Waals surface area contributed by atoms with Crippen molar-refractivity contribution in [2.45, 2.75) is 25.8 Å². The second-order valence-corrected chi connectivity index (χ2v) is 3.97. The molecule has 0 heterocycles. The van der Waals surface area contributed by atoms with Crippen molar-refractivity contribution in [1.29, 1.82) is 0 Å². The molecule has 90 valence electrons. The number of hydrogen-bond acceptors (Lipinski definition) is 3. The van der Waals surface area contributed by atoms with Crippen molar-refractivity contribution in [2.24, 2.45) is 0 Å². The van der Waals surface area contributed by atoms with Crippen LogP contribution in [0.15, 0.2) is 24.3 Å². The topological polar surface area (TPSA) is 41.5 Å². The maximum absolute atomic E-state index is 8.76. The van der Waals surface area contributed by atoms with Gasteiger partial charge in [0.25, 0.3) is 0 Å². The zero-order valence-corrected chi connectivity index (χ0v) is 10.1. The lowest BCUT2D eigenvalue weighted by Gasteiger charge is -2.12. The fourth-order valence-corrected chi connectivity index (χ4v) is 1.55. The molecule has 0 saturated heterocycles. The summed E-state index contributed by atoms with van der Waals surface area (Å²) in [5.74, 6) is 0.894. The number of ether oxygens (including phenoxy) is 1. The van der Waals surface area contributed by atoms with Gasteiger partial charge in [0.1, 0.15) is 5.75 Å². The van der Waals surface area contributed by atoms with Crippen LogP contribution in [-0.4, -0.2) is 31.4 Å². The minimum Gasteiger partial charge on any atom is -0.497 e. The van der Waals surface area contributed by atoms with E-state index < -0.39 is 0 Å². The smallest absolute Gasteiger partial charge is 0.118 e. The summed E-state index contributed by atoms with van der Waals surface area (Å²) in [6, 6.07) is 8.50. The third kappa shape index (κ3) is 4.64. The van der Waals surface area contributed by atoms with E-state index in [4.69, 9.17) is 9.84 Å². The van der Waals surface area contributed by atoms with E-state index in [1.165, 1.54) is 5.56 Å². The van der Waals surface area contributed by atoms with Crippen molar-refractivity contribution < 1.29 is 9.84 Å². The van der Waals surface area contributed by atoms with E-state index in [0.717, 1.165) is 25.1 Å². The Morgan fingerprint density at radius 2 is 2.00 bits per heavy atom. The monoisotopic (exact) mass is 223 g/mol. The van der Waals surface area contributed by atoms with Gasteiger partial charge in [0.2, 0.25) is 0 Å². The molecule has 0 amide bonds. The van der Waals surface area contributed by atoms with Crippen molar-refractivity contribution in [3.8, 4) is 5.75 Å². The van der Waals surface area contributed by atoms with Crippen molar-refractivity contribution >= 4 is 0 Å². The highest BCUT2D eigenvalue weighted by Gasteiger charge is 2.00. The molecule has 1 atom stereocenters. The van der Waals surface area contributed by atoms with Crippen molar-refractivity contribution in [3.63, 3.8) is 0 Å². The Kier molecular flexibility index (Phi) is 5.90. The van der Waals surface area contributed by atoms with Gasteiger partial charge >= 0.3 is 0 Å². The zero-order valence-electron chi connectivity index (χ0n) is 10.1. The molecule has 0 bridgehead atoms. The summed E-state index contributed by atoms with van der Waals surface area (Å²) in [7, 11) is 1.67. The van der Waals surface area contributed by atoms with E-state index in [-0.39, 0.29) is 6.61 Å². The number of methoxy groups -OCH3 is 1. The van der Waals surface area contributed by atoms with Crippen LogP contribution < -0.4 is 10.1 Å². The lowest BCUT2D eigenvalue weighted by atomic mass is 10.1. The van der Waals surface area contributed by atoms with E-state index in [0.29, 0.717) is 6.04 Å². The molecule has 3 heteroatoms. The van der Waals surface area contributed by atoms with Gasteiger partial charge in [0.05, 0.1) is 7.11 Å². The highest BCUT2D eigenvalue weighted by Crippen LogP contribution is 2.11. The van der Waals surface area contributed by atoms with Crippen LogP contribution in [0.25, 0.3) is 0 Å². The van der Waals surface area contributed by atoms with Crippen molar-refractivity contribution in [3.05, 3.63) is 29.8 Å². The average molecular weight is 223 g/mol. The van der Waals surface area contributed by atoms with Gasteiger partial charge in [-0.2, -0.15) is 0 Å². The van der Waals surface area contributed by atoms with Gasteiger partial charge in [0, 0.05) is 12.6 Å². The second-order valence-electron chi connectivity index (χ2n) is 3.97. The van der Waals surface area contributed by atoms with Gasteiger partial charge in [-0.1, -0.05) is 12.1 Å². The molecular weight excluding hydrogens is 202 g/mol. The van der Waals surface area contributed by atoms with Crippen LogP contribution in [-0.2, 0) is 6.42 Å². The normalized spacial score (nSPS) is 12.4. The molecule has 0 aromatic heterocycles. The highest BCUT2D eigenvalue weighted by atomic mass is 16.5. The number of hydrogen-bond donors (Lipinski definition) is 2. The van der Waals surface area contributed by atoms with Gasteiger partial charge in [-0.15, -0.1) is 0 Å². The van der Waals surface area contributed by atoms with Crippen LogP contribution in [0.2, 0.25) is 0 Å². The molecule has 1 aromatic rings. The summed E-state index contributed by atoms with van der Waals surface area (Å²) < 4.78 is 5.10. The molecule has 0 saturated carbocycles. The predicted octanol–water partition coefficient (Wildman–Crippen LogP) is 1.60. The van der Waals surface area contributed by atoms with E-state index in [9.17, 15) is 0 Å². The number of aliphatic hydroxyl groups is 1. The van der Waals surface area contributed by atoms with Crippen LogP contribution in [0.1, 0.15) is 18.9 Å². The molecule has 0 radical (unpaired) electrons. The maximum atomic E-state index is 8.76. The van der Waals surface area contributed by atoms with E-state index >= 15 is 0 Å². The quantitative estimate of drug-likeness (QED) is 0.737. The van der Waals surface area contributed by atoms with Crippen molar-refractivity contribution in [1.82, 2.24) is 5.32 Å². The Bertz CT molecular complexity index is 284. The Morgan fingerprint density at radius 3 is 2.56 bits per heavy atom. The Labute approximate surface area is 97.4 Å². The van der Waals surface area contributed by atoms with Crippen LogP contribution in [0.5, 0.6) is 5.75 Å². The van der Waals surface area contributed by atoms with Gasteiger partial charge in [-0.25, -0.2) is 0 Å². The first-order valence-corrected chi connectivity index (χ1v) is 5.73. The standard InChI is InChI=1S/C13H21NO2/c1-11(8-10-15)14-9-7-12-3-5-13(16-2)6-4-12/h3-6,11,14-15H,7-10H2,1-2H3. The van der Waals surface area contributed by atoms with Crippen molar-refractivity contribution in [2.75, 3.05) is 20.3 Å². The number of rotatable bonds is 7. The minimum absolute atomic E-state index is 0.247. The number of nitrogens with one attached hydrogen (secondary N) is 1. The third-order valence-corrected chi connectivity index (χ3v) is 2.63. The fraction of sp³-hybridized carbons (Fsp3) is 0.538. The van der Waals surface area contributed by atoms with Gasteiger partial charge in [0.15, 0.2) is 0 Å². The molecule has 3 nitrogen and oxygen atoms in total. The van der Waals surface area contributed by atoms with Gasteiger partial charge < -0.3 is 15.2 Å². The predicted molar refractivity (Wildman–Crippen MR) is 65.9 cm³/mol. The zero-order chi connectivity index (χ0) is 11.8. The van der Waals surface area contributed by atoms with E-state index in [2.05, 4.69) is 24.4 Å². The molecule has 0 aliphatic carbocycles. The summed E-state index contributed by atoms with van der Waals surface area (Å²) in [6.07, 6.45) is 1.81. The molecule has 0 fully saturated rings. The van der Waals surface area contributed by atoms with Crippen LogP contribution in [0, 0.1) is 0 Å². The molecule has 2 N–H and O–H groups in total. The average Bonchev–Trinajstić information content (AvgIpc) is 2.30. The molecule has 0 aliphatic rings. The fourth-order valence-electron chi connectivity index (χ4n) is 1.55. The summed E-state index contributed by atoms with van der Waals surface area (Å²) in [6.45, 7) is 3.27. The van der Waals surface area contributed by atoms with Crippen LogP contribution >= 0.6 is 0 Å². The Morgan fingerprint density at radius 1 is 1.31 bits per heavy atom. The lowest BCUT2D eigenvalue weighted by molar-refractivity contribution is 0.269. The molecule has 0 spiro atoms. The first-order valence-electron chi connectivity index (χ1n) is 5.73. The summed E-state index contributed by atoms with van der Waals surface area (Å²) in [4.78, 5) is 0. The molecule has 1 aromatic carbocycles. The molecule has 16 heavy (non-hydrogen) atoms. The van der Waals surface area contributed by atoms with Gasteiger partial charge in [-0.3, -0.25) is 0 Å². The maximum Gasteiger partial charge on any atom is 0.118 e. The van der Waals surface area contributed by atoms with Crippen LogP contribution in [0.4, 0.5) is 0 Å². The first kappa shape index (κ1) is 13.0. The summed E-state index contributed by atoms with van der Waals surface area (Å²) in [5, 5.41) is 12.1. The first-order chi connectivity index (χ1) is 7.76. The number of benzene rings is 1.